The minimum absolute atomic E-state index is 0.0526. The highest BCUT2D eigenvalue weighted by Gasteiger charge is 2.11. The van der Waals surface area contributed by atoms with Gasteiger partial charge in [0.2, 0.25) is 11.8 Å². The van der Waals surface area contributed by atoms with E-state index in [0.717, 1.165) is 11.3 Å². The van der Waals surface area contributed by atoms with E-state index in [1.807, 2.05) is 42.5 Å². The van der Waals surface area contributed by atoms with E-state index in [2.05, 4.69) is 5.32 Å². The molecule has 0 unspecified atom stereocenters. The summed E-state index contributed by atoms with van der Waals surface area (Å²) >= 11 is 5.82. The van der Waals surface area contributed by atoms with Crippen LogP contribution in [0.2, 0.25) is 5.02 Å². The first kappa shape index (κ1) is 17.0. The molecule has 120 valence electrons. The zero-order valence-corrected chi connectivity index (χ0v) is 13.7. The molecule has 4 nitrogen and oxygen atoms in total. The Morgan fingerprint density at radius 1 is 1.04 bits per heavy atom. The van der Waals surface area contributed by atoms with Crippen LogP contribution in [0.1, 0.15) is 12.5 Å². The second-order valence-corrected chi connectivity index (χ2v) is 5.60. The number of benzene rings is 2. The molecule has 0 aromatic heterocycles. The summed E-state index contributed by atoms with van der Waals surface area (Å²) in [7, 11) is 0. The zero-order chi connectivity index (χ0) is 16.7. The van der Waals surface area contributed by atoms with E-state index in [4.69, 9.17) is 11.6 Å². The molecule has 2 amide bonds. The minimum Gasteiger partial charge on any atom is -0.354 e. The van der Waals surface area contributed by atoms with E-state index in [9.17, 15) is 9.59 Å². The fourth-order valence-corrected chi connectivity index (χ4v) is 2.36. The van der Waals surface area contributed by atoms with Crippen LogP contribution in [0.15, 0.2) is 54.6 Å². The first-order chi connectivity index (χ1) is 11.1. The van der Waals surface area contributed by atoms with Gasteiger partial charge in [-0.2, -0.15) is 0 Å². The van der Waals surface area contributed by atoms with Crippen molar-refractivity contribution >= 4 is 29.1 Å². The van der Waals surface area contributed by atoms with Gasteiger partial charge in [-0.1, -0.05) is 41.9 Å². The lowest BCUT2D eigenvalue weighted by Gasteiger charge is -2.21. The Kier molecular flexibility index (Phi) is 6.18. The maximum atomic E-state index is 11.9. The van der Waals surface area contributed by atoms with Crippen molar-refractivity contribution in [3.63, 3.8) is 0 Å². The first-order valence-electron chi connectivity index (χ1n) is 7.40. The smallest absolute Gasteiger partial charge is 0.224 e. The fourth-order valence-electron chi connectivity index (χ4n) is 2.23. The molecule has 2 aromatic carbocycles. The van der Waals surface area contributed by atoms with Gasteiger partial charge >= 0.3 is 0 Å². The molecule has 2 rings (SSSR count). The van der Waals surface area contributed by atoms with E-state index < -0.39 is 0 Å². The van der Waals surface area contributed by atoms with Crippen molar-refractivity contribution in [2.45, 2.75) is 13.3 Å². The van der Waals surface area contributed by atoms with Crippen molar-refractivity contribution in [1.29, 1.82) is 0 Å². The molecule has 2 aromatic rings. The summed E-state index contributed by atoms with van der Waals surface area (Å²) in [6.45, 7) is 2.36. The van der Waals surface area contributed by atoms with Crippen LogP contribution in [0.25, 0.3) is 0 Å². The van der Waals surface area contributed by atoms with Crippen molar-refractivity contribution in [2.24, 2.45) is 0 Å². The Hall–Kier alpha value is -2.33. The maximum Gasteiger partial charge on any atom is 0.224 e. The Morgan fingerprint density at radius 2 is 1.70 bits per heavy atom. The highest BCUT2D eigenvalue weighted by atomic mass is 35.5. The average molecular weight is 331 g/mol. The third kappa shape index (κ3) is 5.42. The summed E-state index contributed by atoms with van der Waals surface area (Å²) in [5.41, 5.74) is 1.73. The number of rotatable bonds is 6. The van der Waals surface area contributed by atoms with Gasteiger partial charge in [0.15, 0.2) is 0 Å². The Morgan fingerprint density at radius 3 is 2.30 bits per heavy atom. The van der Waals surface area contributed by atoms with E-state index in [0.29, 0.717) is 24.5 Å². The summed E-state index contributed by atoms with van der Waals surface area (Å²) < 4.78 is 0. The molecule has 0 bridgehead atoms. The van der Waals surface area contributed by atoms with Gasteiger partial charge in [0.05, 0.1) is 6.42 Å². The van der Waals surface area contributed by atoms with E-state index in [1.165, 1.54) is 6.92 Å². The Balaban J connectivity index is 1.84. The second kappa shape index (κ2) is 8.34. The predicted molar refractivity (Wildman–Crippen MR) is 92.6 cm³/mol. The van der Waals surface area contributed by atoms with Gasteiger partial charge in [0.25, 0.3) is 0 Å². The molecular weight excluding hydrogens is 312 g/mol. The highest BCUT2D eigenvalue weighted by Crippen LogP contribution is 2.13. The molecule has 1 N–H and O–H groups in total. The molecule has 0 atom stereocenters. The Labute approximate surface area is 141 Å². The van der Waals surface area contributed by atoms with Crippen molar-refractivity contribution in [1.82, 2.24) is 5.32 Å². The number of hydrogen-bond donors (Lipinski definition) is 1. The maximum absolute atomic E-state index is 11.9. The molecular formula is C18H19ClN2O2. The first-order valence-corrected chi connectivity index (χ1v) is 7.78. The van der Waals surface area contributed by atoms with Gasteiger partial charge in [-0.25, -0.2) is 0 Å². The van der Waals surface area contributed by atoms with Crippen molar-refractivity contribution in [2.75, 3.05) is 18.0 Å². The van der Waals surface area contributed by atoms with Gasteiger partial charge in [-0.3, -0.25) is 9.59 Å². The lowest BCUT2D eigenvalue weighted by Crippen LogP contribution is -2.38. The van der Waals surface area contributed by atoms with Crippen LogP contribution in [-0.4, -0.2) is 24.9 Å². The topological polar surface area (TPSA) is 49.4 Å². The number of nitrogens with one attached hydrogen (secondary N) is 1. The van der Waals surface area contributed by atoms with Crippen LogP contribution in [0.4, 0.5) is 5.69 Å². The van der Waals surface area contributed by atoms with Crippen LogP contribution in [0, 0.1) is 0 Å². The number of halogens is 1. The number of amides is 2. The van der Waals surface area contributed by atoms with Gasteiger partial charge in [0, 0.05) is 30.7 Å². The molecule has 0 saturated heterocycles. The molecule has 0 heterocycles. The van der Waals surface area contributed by atoms with Crippen LogP contribution in [0.5, 0.6) is 0 Å². The molecule has 0 radical (unpaired) electrons. The van der Waals surface area contributed by atoms with Crippen molar-refractivity contribution in [3.8, 4) is 0 Å². The standard InChI is InChI=1S/C18H19ClN2O2/c1-14(22)21(17-5-3-2-4-6-17)12-11-20-18(23)13-15-7-9-16(19)10-8-15/h2-10H,11-13H2,1H3,(H,20,23). The SMILES string of the molecule is CC(=O)N(CCNC(=O)Cc1ccc(Cl)cc1)c1ccccc1. The lowest BCUT2D eigenvalue weighted by atomic mass is 10.1. The van der Waals surface area contributed by atoms with E-state index in [1.54, 1.807) is 17.0 Å². The molecule has 0 aliphatic carbocycles. The summed E-state index contributed by atoms with van der Waals surface area (Å²) in [6, 6.07) is 16.6. The largest absolute Gasteiger partial charge is 0.354 e. The summed E-state index contributed by atoms with van der Waals surface area (Å²) in [5, 5.41) is 3.48. The van der Waals surface area contributed by atoms with Crippen LogP contribution >= 0.6 is 11.6 Å². The molecule has 0 spiro atoms. The van der Waals surface area contributed by atoms with Crippen molar-refractivity contribution in [3.05, 3.63) is 65.2 Å². The van der Waals surface area contributed by atoms with Crippen LogP contribution in [0.3, 0.4) is 0 Å². The van der Waals surface area contributed by atoms with Crippen LogP contribution < -0.4 is 10.2 Å². The summed E-state index contributed by atoms with van der Waals surface area (Å²) in [4.78, 5) is 25.3. The minimum atomic E-state index is -0.0797. The molecule has 0 fully saturated rings. The van der Waals surface area contributed by atoms with Gasteiger partial charge in [-0.15, -0.1) is 0 Å². The number of nitrogens with zero attached hydrogens (tertiary/aromatic N) is 1. The lowest BCUT2D eigenvalue weighted by molar-refractivity contribution is -0.121. The zero-order valence-electron chi connectivity index (χ0n) is 13.0. The number of para-hydroxylation sites is 1. The summed E-state index contributed by atoms with van der Waals surface area (Å²) in [5.74, 6) is -0.132. The van der Waals surface area contributed by atoms with Gasteiger partial charge in [-0.05, 0) is 29.8 Å². The van der Waals surface area contributed by atoms with Gasteiger partial charge < -0.3 is 10.2 Å². The van der Waals surface area contributed by atoms with E-state index in [-0.39, 0.29) is 11.8 Å². The third-order valence-corrected chi connectivity index (χ3v) is 3.64. The second-order valence-electron chi connectivity index (χ2n) is 5.16. The Bertz CT molecular complexity index is 656. The monoisotopic (exact) mass is 330 g/mol. The summed E-state index contributed by atoms with van der Waals surface area (Å²) in [6.07, 6.45) is 0.294. The molecule has 5 heteroatoms. The predicted octanol–water partition coefficient (Wildman–Crippen LogP) is 3.05. The van der Waals surface area contributed by atoms with E-state index >= 15 is 0 Å². The fraction of sp³-hybridized carbons (Fsp3) is 0.222. The van der Waals surface area contributed by atoms with Crippen molar-refractivity contribution < 1.29 is 9.59 Å². The van der Waals surface area contributed by atoms with Crippen LogP contribution in [-0.2, 0) is 16.0 Å². The third-order valence-electron chi connectivity index (χ3n) is 3.38. The molecule has 0 aliphatic heterocycles. The average Bonchev–Trinajstić information content (AvgIpc) is 2.54. The molecule has 0 aliphatic rings. The van der Waals surface area contributed by atoms with Gasteiger partial charge in [0.1, 0.15) is 0 Å². The molecule has 23 heavy (non-hydrogen) atoms. The number of anilines is 1. The number of carbonyl (C=O) groups excluding carboxylic acids is 2. The highest BCUT2D eigenvalue weighted by molar-refractivity contribution is 6.30. The number of carbonyl (C=O) groups is 2. The number of hydrogen-bond acceptors (Lipinski definition) is 2. The normalized spacial score (nSPS) is 10.2. The quantitative estimate of drug-likeness (QED) is 0.885. The molecule has 0 saturated carbocycles.